The van der Waals surface area contributed by atoms with Crippen molar-refractivity contribution in [1.82, 2.24) is 20.2 Å². The molecule has 0 unspecified atom stereocenters. The number of rotatable bonds is 0. The molecule has 0 saturated heterocycles. The van der Waals surface area contributed by atoms with E-state index in [1.54, 1.807) is 6.20 Å². The van der Waals surface area contributed by atoms with E-state index in [9.17, 15) is 0 Å². The smallest absolute Gasteiger partial charge is 0.317 e. The van der Waals surface area contributed by atoms with Crippen LogP contribution in [0.1, 0.15) is 13.3 Å². The molecule has 7 nitrogen and oxygen atoms in total. The Bertz CT molecular complexity index is 849. The van der Waals surface area contributed by atoms with Crippen LogP contribution in [0.3, 0.4) is 0 Å². The van der Waals surface area contributed by atoms with Crippen molar-refractivity contribution in [3.05, 3.63) is 30.5 Å². The second kappa shape index (κ2) is 6.45. The molecule has 3 heterocycles. The van der Waals surface area contributed by atoms with Crippen molar-refractivity contribution in [3.63, 3.8) is 0 Å². The summed E-state index contributed by atoms with van der Waals surface area (Å²) in [5.74, 6) is 0.804. The fourth-order valence-electron chi connectivity index (χ4n) is 2.64. The van der Waals surface area contributed by atoms with E-state index in [0.29, 0.717) is 31.5 Å². The van der Waals surface area contributed by atoms with Gasteiger partial charge >= 0.3 is 6.01 Å². The molecule has 1 aliphatic rings. The van der Waals surface area contributed by atoms with Gasteiger partial charge in [0, 0.05) is 18.0 Å². The van der Waals surface area contributed by atoms with Gasteiger partial charge < -0.3 is 14.2 Å². The molecule has 7 heteroatoms. The molecule has 124 valence electrons. The van der Waals surface area contributed by atoms with E-state index in [2.05, 4.69) is 20.2 Å². The molecular weight excluding hydrogens is 308 g/mol. The molecule has 2 aromatic heterocycles. The maximum atomic E-state index is 5.99. The normalized spacial score (nSPS) is 18.5. The first-order chi connectivity index (χ1) is 11.8. The summed E-state index contributed by atoms with van der Waals surface area (Å²) >= 11 is 0. The van der Waals surface area contributed by atoms with Crippen LogP contribution in [-0.2, 0) is 4.74 Å². The number of aromatic nitrogens is 4. The lowest BCUT2D eigenvalue weighted by atomic mass is 10.1. The summed E-state index contributed by atoms with van der Waals surface area (Å²) in [6, 6.07) is 8.01. The fraction of sp³-hybridized carbons (Fsp3) is 0.353. The zero-order valence-electron chi connectivity index (χ0n) is 13.4. The summed E-state index contributed by atoms with van der Waals surface area (Å²) in [5.41, 5.74) is 2.38. The first-order valence-electron chi connectivity index (χ1n) is 7.98. The van der Waals surface area contributed by atoms with Gasteiger partial charge in [-0.3, -0.25) is 5.10 Å². The zero-order chi connectivity index (χ0) is 16.4. The van der Waals surface area contributed by atoms with E-state index in [4.69, 9.17) is 14.2 Å². The fourth-order valence-corrected chi connectivity index (χ4v) is 2.64. The van der Waals surface area contributed by atoms with Crippen molar-refractivity contribution in [3.8, 4) is 23.1 Å². The summed E-state index contributed by atoms with van der Waals surface area (Å²) in [5, 5.41) is 8.37. The second-order valence-electron chi connectivity index (χ2n) is 5.68. The summed E-state index contributed by atoms with van der Waals surface area (Å²) < 4.78 is 17.1. The zero-order valence-corrected chi connectivity index (χ0v) is 13.4. The molecule has 0 fully saturated rings. The van der Waals surface area contributed by atoms with E-state index in [1.807, 2.05) is 31.2 Å². The van der Waals surface area contributed by atoms with Gasteiger partial charge in [-0.2, -0.15) is 10.1 Å². The predicted molar refractivity (Wildman–Crippen MR) is 88.1 cm³/mol. The molecule has 1 aromatic carbocycles. The van der Waals surface area contributed by atoms with Gasteiger partial charge in [0.05, 0.1) is 30.5 Å². The summed E-state index contributed by atoms with van der Waals surface area (Å²) in [7, 11) is 0. The number of H-pyrrole nitrogens is 1. The minimum Gasteiger partial charge on any atom is -0.491 e. The lowest BCUT2D eigenvalue weighted by Gasteiger charge is -2.14. The summed E-state index contributed by atoms with van der Waals surface area (Å²) in [4.78, 5) is 8.57. The standard InChI is InChI=1S/C17H18N4O3/c1-11-5-7-22-8-9-23-17-18-6-4-15(19-17)16-13-10-12(24-11)2-3-14(13)20-21-16/h2-4,6,10-11H,5,7-9H2,1H3,(H,20,21)/t11-/m1/s1. The molecule has 0 aliphatic carbocycles. The molecular formula is C17H18N4O3. The Morgan fingerprint density at radius 2 is 2.12 bits per heavy atom. The van der Waals surface area contributed by atoms with Gasteiger partial charge in [0.1, 0.15) is 18.1 Å². The van der Waals surface area contributed by atoms with Crippen molar-refractivity contribution >= 4 is 10.9 Å². The highest BCUT2D eigenvalue weighted by Crippen LogP contribution is 2.29. The lowest BCUT2D eigenvalue weighted by Crippen LogP contribution is -2.16. The van der Waals surface area contributed by atoms with E-state index in [0.717, 1.165) is 28.8 Å². The summed E-state index contributed by atoms with van der Waals surface area (Å²) in [6.45, 7) is 3.54. The van der Waals surface area contributed by atoms with Crippen molar-refractivity contribution in [2.75, 3.05) is 19.8 Å². The first kappa shape index (κ1) is 14.9. The van der Waals surface area contributed by atoms with Crippen LogP contribution in [-0.4, -0.2) is 46.1 Å². The van der Waals surface area contributed by atoms with Gasteiger partial charge in [-0.05, 0) is 31.2 Å². The Kier molecular flexibility index (Phi) is 4.00. The minimum atomic E-state index is 0.0599. The number of nitrogens with zero attached hydrogens (tertiary/aromatic N) is 3. The SMILES string of the molecule is C[C@@H]1CCOCCOc2nccc(n2)-c2n[nH]c3ccc(cc23)O1. The largest absolute Gasteiger partial charge is 0.491 e. The van der Waals surface area contributed by atoms with Gasteiger partial charge in [-0.15, -0.1) is 0 Å². The van der Waals surface area contributed by atoms with Crippen LogP contribution in [0.25, 0.3) is 22.3 Å². The Labute approximate surface area is 139 Å². The number of aromatic amines is 1. The number of nitrogens with one attached hydrogen (secondary N) is 1. The lowest BCUT2D eigenvalue weighted by molar-refractivity contribution is 0.0741. The van der Waals surface area contributed by atoms with Crippen LogP contribution in [0.4, 0.5) is 0 Å². The molecule has 1 atom stereocenters. The Morgan fingerprint density at radius 3 is 3.08 bits per heavy atom. The molecule has 1 aliphatic heterocycles. The Hall–Kier alpha value is -2.67. The van der Waals surface area contributed by atoms with E-state index < -0.39 is 0 Å². The van der Waals surface area contributed by atoms with Crippen molar-refractivity contribution in [2.45, 2.75) is 19.4 Å². The third-order valence-electron chi connectivity index (χ3n) is 3.88. The van der Waals surface area contributed by atoms with Crippen molar-refractivity contribution in [1.29, 1.82) is 0 Å². The molecule has 3 aromatic rings. The van der Waals surface area contributed by atoms with Crippen LogP contribution in [0.2, 0.25) is 0 Å². The maximum Gasteiger partial charge on any atom is 0.317 e. The quantitative estimate of drug-likeness (QED) is 0.684. The molecule has 0 amide bonds. The van der Waals surface area contributed by atoms with Gasteiger partial charge in [-0.1, -0.05) is 0 Å². The number of ether oxygens (including phenoxy) is 3. The number of benzene rings is 1. The molecule has 0 radical (unpaired) electrons. The topological polar surface area (TPSA) is 82.2 Å². The van der Waals surface area contributed by atoms with Gasteiger partial charge in [-0.25, -0.2) is 4.98 Å². The molecule has 0 spiro atoms. The Balaban J connectivity index is 1.79. The Morgan fingerprint density at radius 1 is 1.17 bits per heavy atom. The van der Waals surface area contributed by atoms with Crippen molar-refractivity contribution < 1.29 is 14.2 Å². The van der Waals surface area contributed by atoms with Gasteiger partial charge in [0.25, 0.3) is 0 Å². The third kappa shape index (κ3) is 3.03. The minimum absolute atomic E-state index is 0.0599. The molecule has 24 heavy (non-hydrogen) atoms. The van der Waals surface area contributed by atoms with Crippen LogP contribution in [0.5, 0.6) is 11.8 Å². The number of fused-ring (bicyclic) bond motifs is 4. The van der Waals surface area contributed by atoms with Gasteiger partial charge in [0.15, 0.2) is 0 Å². The highest BCUT2D eigenvalue weighted by molar-refractivity contribution is 5.92. The highest BCUT2D eigenvalue weighted by atomic mass is 16.5. The highest BCUT2D eigenvalue weighted by Gasteiger charge is 2.13. The molecule has 1 N–H and O–H groups in total. The van der Waals surface area contributed by atoms with Gasteiger partial charge in [0.2, 0.25) is 0 Å². The summed E-state index contributed by atoms with van der Waals surface area (Å²) in [6.07, 6.45) is 2.53. The average Bonchev–Trinajstić information content (AvgIpc) is 3.01. The van der Waals surface area contributed by atoms with E-state index in [1.165, 1.54) is 0 Å². The third-order valence-corrected chi connectivity index (χ3v) is 3.88. The monoisotopic (exact) mass is 326 g/mol. The number of hydrogen-bond donors (Lipinski definition) is 1. The van der Waals surface area contributed by atoms with Crippen LogP contribution >= 0.6 is 0 Å². The number of hydrogen-bond acceptors (Lipinski definition) is 6. The van der Waals surface area contributed by atoms with Crippen LogP contribution < -0.4 is 9.47 Å². The molecule has 4 bridgehead atoms. The first-order valence-corrected chi connectivity index (χ1v) is 7.98. The second-order valence-corrected chi connectivity index (χ2v) is 5.68. The average molecular weight is 326 g/mol. The maximum absolute atomic E-state index is 5.99. The van der Waals surface area contributed by atoms with Crippen molar-refractivity contribution in [2.24, 2.45) is 0 Å². The predicted octanol–water partition coefficient (Wildman–Crippen LogP) is 2.59. The van der Waals surface area contributed by atoms with E-state index in [-0.39, 0.29) is 6.10 Å². The van der Waals surface area contributed by atoms with Crippen LogP contribution in [0, 0.1) is 0 Å². The molecule has 4 rings (SSSR count). The van der Waals surface area contributed by atoms with E-state index >= 15 is 0 Å². The van der Waals surface area contributed by atoms with Crippen LogP contribution in [0.15, 0.2) is 30.5 Å². The molecule has 0 saturated carbocycles.